The molecule has 1 saturated heterocycles. The number of imidazole rings is 1. The van der Waals surface area contributed by atoms with Crippen molar-refractivity contribution in [3.63, 3.8) is 0 Å². The molecule has 14 nitrogen and oxygen atoms in total. The van der Waals surface area contributed by atoms with Crippen LogP contribution in [-0.4, -0.2) is 70.1 Å². The normalized spacial score (nSPS) is 18.5. The van der Waals surface area contributed by atoms with Crippen LogP contribution in [0.5, 0.6) is 0 Å². The predicted octanol–water partition coefficient (Wildman–Crippen LogP) is 4.63. The van der Waals surface area contributed by atoms with Gasteiger partial charge in [0.1, 0.15) is 12.1 Å². The van der Waals surface area contributed by atoms with Gasteiger partial charge in [-0.15, -0.1) is 0 Å². The maximum absolute atomic E-state index is 13.8. The Morgan fingerprint density at radius 1 is 0.869 bits per heavy atom. The topological polar surface area (TPSA) is 184 Å². The zero-order valence-electron chi connectivity index (χ0n) is 35.3. The fourth-order valence-electron chi connectivity index (χ4n) is 8.97. The molecule has 3 aliphatic rings. The number of fused-ring (bicyclic) bond motifs is 1. The Balaban J connectivity index is 0.800. The summed E-state index contributed by atoms with van der Waals surface area (Å²) in [6.07, 6.45) is 8.61. The Kier molecular flexibility index (Phi) is 14.2. The second-order valence-corrected chi connectivity index (χ2v) is 16.7. The molecule has 14 heteroatoms. The third-order valence-electron chi connectivity index (χ3n) is 12.4. The van der Waals surface area contributed by atoms with Crippen LogP contribution in [0.3, 0.4) is 0 Å². The molecule has 1 unspecified atom stereocenters. The number of aromatic nitrogens is 2. The van der Waals surface area contributed by atoms with Crippen LogP contribution in [0.25, 0.3) is 11.0 Å². The molecule has 0 saturated carbocycles. The first kappa shape index (κ1) is 43.5. The smallest absolute Gasteiger partial charge is 0.329 e. The number of hydrogen-bond acceptors (Lipinski definition) is 8. The number of unbranched alkanes of at least 4 members (excludes halogenated alkanes) is 2. The van der Waals surface area contributed by atoms with Gasteiger partial charge in [0.15, 0.2) is 0 Å². The molecular weight excluding hydrogens is 777 g/mol. The number of ether oxygens (including phenoxy) is 2. The van der Waals surface area contributed by atoms with Crippen molar-refractivity contribution in [1.82, 2.24) is 19.8 Å². The number of nitrogens with zero attached hydrogens (tertiary/aromatic N) is 3. The fourth-order valence-corrected chi connectivity index (χ4v) is 8.97. The molecule has 0 aliphatic carbocycles. The number of para-hydroxylation sites is 1. The van der Waals surface area contributed by atoms with Crippen LogP contribution in [0.4, 0.5) is 5.69 Å². The quantitative estimate of drug-likeness (QED) is 0.0851. The number of rotatable bonds is 20. The number of piperidine rings is 1. The van der Waals surface area contributed by atoms with E-state index in [4.69, 9.17) is 15.2 Å². The molecule has 3 aliphatic heterocycles. The van der Waals surface area contributed by atoms with Gasteiger partial charge >= 0.3 is 5.69 Å². The van der Waals surface area contributed by atoms with Crippen molar-refractivity contribution in [3.05, 3.63) is 99.0 Å². The van der Waals surface area contributed by atoms with Gasteiger partial charge in [-0.2, -0.15) is 0 Å². The van der Waals surface area contributed by atoms with Crippen molar-refractivity contribution in [2.45, 2.75) is 128 Å². The summed E-state index contributed by atoms with van der Waals surface area (Å²) < 4.78 is 15.3. The summed E-state index contributed by atoms with van der Waals surface area (Å²) in [6.45, 7) is 3.60. The number of imide groups is 1. The third kappa shape index (κ3) is 10.3. The van der Waals surface area contributed by atoms with E-state index < -0.39 is 36.0 Å². The van der Waals surface area contributed by atoms with E-state index in [9.17, 15) is 28.8 Å². The molecule has 0 radical (unpaired) electrons. The Bertz CT molecular complexity index is 2320. The number of hydrogen-bond donors (Lipinski definition) is 3. The summed E-state index contributed by atoms with van der Waals surface area (Å²) in [6, 6.07) is 18.4. The maximum Gasteiger partial charge on any atom is 0.329 e. The average Bonchev–Trinajstić information content (AvgIpc) is 3.69. The second kappa shape index (κ2) is 19.9. The molecule has 4 heterocycles. The van der Waals surface area contributed by atoms with E-state index in [-0.39, 0.29) is 36.3 Å². The van der Waals surface area contributed by atoms with E-state index in [1.54, 1.807) is 16.5 Å². The first-order valence-electron chi connectivity index (χ1n) is 21.8. The minimum absolute atomic E-state index is 0.0342. The monoisotopic (exact) mass is 834 g/mol. The van der Waals surface area contributed by atoms with Crippen molar-refractivity contribution >= 4 is 46.3 Å². The molecule has 1 aromatic heterocycles. The Labute approximate surface area is 356 Å². The van der Waals surface area contributed by atoms with Crippen molar-refractivity contribution in [2.24, 2.45) is 12.8 Å². The number of nitrogens with two attached hydrogens (primary N) is 1. The van der Waals surface area contributed by atoms with Gasteiger partial charge in [0.2, 0.25) is 29.5 Å². The lowest BCUT2D eigenvalue weighted by atomic mass is 10.0. The summed E-state index contributed by atoms with van der Waals surface area (Å²) >= 11 is 0. The summed E-state index contributed by atoms with van der Waals surface area (Å²) in [4.78, 5) is 77.5. The van der Waals surface area contributed by atoms with E-state index in [0.717, 1.165) is 84.8 Å². The molecule has 0 spiro atoms. The van der Waals surface area contributed by atoms with Gasteiger partial charge in [0, 0.05) is 45.9 Å². The highest BCUT2D eigenvalue weighted by Crippen LogP contribution is 2.39. The average molecular weight is 835 g/mol. The number of carbonyl (C=O) groups is 5. The molecule has 5 amide bonds. The van der Waals surface area contributed by atoms with E-state index in [2.05, 4.69) is 22.8 Å². The molecular formula is C47H58N6O8. The van der Waals surface area contributed by atoms with Gasteiger partial charge in [-0.25, -0.2) is 4.79 Å². The summed E-state index contributed by atoms with van der Waals surface area (Å²) in [7, 11) is 1.71. The molecule has 4 atom stereocenters. The molecule has 4 aromatic rings. The van der Waals surface area contributed by atoms with Crippen molar-refractivity contribution < 1.29 is 33.4 Å². The van der Waals surface area contributed by atoms with E-state index in [0.29, 0.717) is 51.0 Å². The lowest BCUT2D eigenvalue weighted by Gasteiger charge is -2.29. The summed E-state index contributed by atoms with van der Waals surface area (Å²) in [5.74, 6) is -1.47. The molecule has 0 bridgehead atoms. The van der Waals surface area contributed by atoms with E-state index in [1.165, 1.54) is 10.1 Å². The van der Waals surface area contributed by atoms with Gasteiger partial charge in [-0.1, -0.05) is 55.0 Å². The zero-order chi connectivity index (χ0) is 43.0. The van der Waals surface area contributed by atoms with E-state index >= 15 is 0 Å². The Hall–Kier alpha value is -5.60. The highest BCUT2D eigenvalue weighted by Gasteiger charge is 2.41. The number of primary amides is 1. The number of amides is 5. The van der Waals surface area contributed by atoms with Crippen LogP contribution < -0.4 is 27.0 Å². The van der Waals surface area contributed by atoms with Crippen LogP contribution in [0.15, 0.2) is 65.5 Å². The Morgan fingerprint density at radius 2 is 1.61 bits per heavy atom. The lowest BCUT2D eigenvalue weighted by molar-refractivity contribution is -0.135. The largest absolute Gasteiger partial charge is 0.381 e. The molecule has 7 rings (SSSR count). The van der Waals surface area contributed by atoms with Crippen molar-refractivity contribution in [3.8, 4) is 0 Å². The van der Waals surface area contributed by atoms with Gasteiger partial charge in [-0.3, -0.25) is 43.3 Å². The van der Waals surface area contributed by atoms with Crippen LogP contribution in [0, 0.1) is 0 Å². The number of carbonyl (C=O) groups excluding carboxylic acids is 5. The van der Waals surface area contributed by atoms with E-state index in [1.807, 2.05) is 55.5 Å². The third-order valence-corrected chi connectivity index (χ3v) is 12.4. The highest BCUT2D eigenvalue weighted by molar-refractivity contribution is 6.04. The highest BCUT2D eigenvalue weighted by atomic mass is 16.5. The van der Waals surface area contributed by atoms with Crippen molar-refractivity contribution in [1.29, 1.82) is 0 Å². The summed E-state index contributed by atoms with van der Waals surface area (Å²) in [5.41, 5.74) is 13.0. The van der Waals surface area contributed by atoms with Crippen LogP contribution in [0.1, 0.15) is 105 Å². The molecule has 61 heavy (non-hydrogen) atoms. The molecule has 4 N–H and O–H groups in total. The standard InChI is InChI=1S/C47H58N6O8/c1-30(36(20-23-41(48)54)49-46(58)40-28-35-13-6-11-34-12-7-14-43(56)53(40)44(34)35)61-29-33-17-15-31(16-18-33)10-8-26-60-25-5-3-4-9-32-19-21-37-39(27-32)51(2)47(59)52(37)38-22-24-42(55)50-45(38)57/h6,11,13,15-19,21,27,30,36,38,40H,3-5,7-10,12,14,20,22-26,28-29H2,1-2H3,(H2,48,54)(H,49,58)(H,50,55,57)/t30-,36+,38?,40+/m1/s1. The van der Waals surface area contributed by atoms with Crippen LogP contribution in [-0.2, 0) is 72.8 Å². The van der Waals surface area contributed by atoms with Gasteiger partial charge in [0.05, 0.1) is 35.5 Å². The van der Waals surface area contributed by atoms with Crippen LogP contribution in [0.2, 0.25) is 0 Å². The number of anilines is 1. The zero-order valence-corrected chi connectivity index (χ0v) is 35.3. The minimum Gasteiger partial charge on any atom is -0.381 e. The first-order chi connectivity index (χ1) is 29.5. The molecule has 1 fully saturated rings. The minimum atomic E-state index is -0.687. The Morgan fingerprint density at radius 3 is 2.39 bits per heavy atom. The second-order valence-electron chi connectivity index (χ2n) is 16.7. The van der Waals surface area contributed by atoms with Gasteiger partial charge < -0.3 is 20.5 Å². The lowest BCUT2D eigenvalue weighted by Crippen LogP contribution is -2.53. The number of aryl methyl sites for hydroxylation is 4. The van der Waals surface area contributed by atoms with Crippen molar-refractivity contribution in [2.75, 3.05) is 18.1 Å². The molecule has 324 valence electrons. The number of benzene rings is 3. The summed E-state index contributed by atoms with van der Waals surface area (Å²) in [5, 5.41) is 5.46. The SMILES string of the molecule is C[C@@H](OCc1ccc(CCCOCCCCCc2ccc3c(c2)n(C)c(=O)n3C2CCC(=O)NC2=O)cc1)[C@H](CCC(N)=O)NC(=O)[C@@H]1Cc2cccc3c2N1C(=O)CCC3. The molecule has 3 aromatic carbocycles. The van der Waals surface area contributed by atoms with Crippen LogP contribution >= 0.6 is 0 Å². The maximum atomic E-state index is 13.8. The fraction of sp³-hybridized carbons (Fsp3) is 0.489. The van der Waals surface area contributed by atoms with Gasteiger partial charge in [0.25, 0.3) is 0 Å². The first-order valence-corrected chi connectivity index (χ1v) is 21.8. The number of nitrogens with one attached hydrogen (secondary N) is 2. The van der Waals surface area contributed by atoms with Gasteiger partial charge in [-0.05, 0) is 105 Å². The predicted molar refractivity (Wildman–Crippen MR) is 231 cm³/mol.